The Morgan fingerprint density at radius 3 is 1.12 bits per heavy atom. The number of para-hydroxylation sites is 1. The lowest BCUT2D eigenvalue weighted by Crippen LogP contribution is -2.35. The van der Waals surface area contributed by atoms with E-state index in [1.165, 1.54) is 88.7 Å². The van der Waals surface area contributed by atoms with Crippen LogP contribution in [-0.2, 0) is 5.41 Å². The Labute approximate surface area is 443 Å². The first-order valence-corrected chi connectivity index (χ1v) is 25.7. The van der Waals surface area contributed by atoms with E-state index in [1.807, 2.05) is 0 Å². The molecule has 0 radical (unpaired) electrons. The van der Waals surface area contributed by atoms with Gasteiger partial charge in [-0.1, -0.05) is 187 Å². The summed E-state index contributed by atoms with van der Waals surface area (Å²) < 4.78 is 2.54. The van der Waals surface area contributed by atoms with E-state index in [0.29, 0.717) is 0 Å². The zero-order valence-electron chi connectivity index (χ0n) is 42.2. The van der Waals surface area contributed by atoms with Crippen molar-refractivity contribution in [2.75, 3.05) is 9.80 Å². The second-order valence-electron chi connectivity index (χ2n) is 20.1. The van der Waals surface area contributed by atoms with Crippen molar-refractivity contribution >= 4 is 55.9 Å². The van der Waals surface area contributed by atoms with Crippen LogP contribution in [0, 0.1) is 27.7 Å². The van der Waals surface area contributed by atoms with Crippen LogP contribution in [0.4, 0.5) is 34.1 Å². The Morgan fingerprint density at radius 2 is 0.680 bits per heavy atom. The molecule has 0 aliphatic carbocycles. The number of anilines is 6. The summed E-state index contributed by atoms with van der Waals surface area (Å²) in [5.41, 5.74) is 24.4. The van der Waals surface area contributed by atoms with Crippen LogP contribution in [0.15, 0.2) is 261 Å². The van der Waals surface area contributed by atoms with Crippen molar-refractivity contribution < 1.29 is 1.43 Å². The van der Waals surface area contributed by atoms with Gasteiger partial charge in [-0.25, -0.2) is 0 Å². The highest BCUT2D eigenvalue weighted by molar-refractivity contribution is 6.14. The molecule has 0 N–H and O–H groups in total. The molecular formula is C72H61N3. The van der Waals surface area contributed by atoms with Crippen LogP contribution in [0.25, 0.3) is 49.7 Å². The maximum Gasteiger partial charge on any atom is 0.0742 e. The molecule has 0 bridgehead atoms. The van der Waals surface area contributed by atoms with Gasteiger partial charge in [-0.3, -0.25) is 0 Å². The normalized spacial score (nSPS) is 12.3. The first-order chi connectivity index (χ1) is 36.3. The fourth-order valence-electron chi connectivity index (χ4n) is 11.6. The molecule has 11 aromatic carbocycles. The lowest BCUT2D eigenvalue weighted by atomic mass is 9.63. The quantitative estimate of drug-likeness (QED) is 0.135. The molecule has 75 heavy (non-hydrogen) atoms. The molecule has 1 aliphatic rings. The van der Waals surface area contributed by atoms with Gasteiger partial charge in [0.1, 0.15) is 0 Å². The van der Waals surface area contributed by atoms with E-state index in [1.54, 1.807) is 0 Å². The van der Waals surface area contributed by atoms with Crippen LogP contribution in [-0.4, -0.2) is 4.57 Å². The molecule has 12 aromatic rings. The first-order valence-electron chi connectivity index (χ1n) is 25.7. The number of rotatable bonds is 10. The van der Waals surface area contributed by atoms with Gasteiger partial charge in [-0.2, -0.15) is 0 Å². The van der Waals surface area contributed by atoms with Crippen LogP contribution < -0.4 is 9.80 Å². The lowest BCUT2D eigenvalue weighted by Gasteiger charge is -2.42. The molecule has 13 rings (SSSR count). The first kappa shape index (κ1) is 46.9. The number of hydrogen-bond donors (Lipinski definition) is 0. The molecular weight excluding hydrogens is 907 g/mol. The van der Waals surface area contributed by atoms with Gasteiger partial charge in [-0.15, -0.1) is 0 Å². The average molecular weight is 968 g/mol. The monoisotopic (exact) mass is 967 g/mol. The number of hydrogen-bond acceptors (Lipinski definition) is 2. The third-order valence-corrected chi connectivity index (χ3v) is 15.3. The lowest BCUT2D eigenvalue weighted by molar-refractivity contribution is 0.728. The zero-order chi connectivity index (χ0) is 49.9. The number of aromatic nitrogens is 1. The van der Waals surface area contributed by atoms with Gasteiger partial charge in [-0.05, 0) is 175 Å². The van der Waals surface area contributed by atoms with Crippen molar-refractivity contribution in [3.63, 3.8) is 0 Å². The topological polar surface area (TPSA) is 11.4 Å². The van der Waals surface area contributed by atoms with E-state index in [4.69, 9.17) is 0 Å². The summed E-state index contributed by atoms with van der Waals surface area (Å²) in [5.74, 6) is 0. The van der Waals surface area contributed by atoms with Gasteiger partial charge in [0.2, 0.25) is 0 Å². The minimum Gasteiger partial charge on any atom is -0.311 e. The number of aryl methyl sites for hydroxylation is 4. The molecule has 1 aromatic heterocycles. The molecule has 3 nitrogen and oxygen atoms in total. The molecule has 0 spiro atoms. The molecule has 0 saturated heterocycles. The fourth-order valence-corrected chi connectivity index (χ4v) is 11.6. The molecule has 0 fully saturated rings. The summed E-state index contributed by atoms with van der Waals surface area (Å²) in [4.78, 5) is 4.70. The number of benzene rings is 11. The predicted molar refractivity (Wildman–Crippen MR) is 321 cm³/mol. The third kappa shape index (κ3) is 8.00. The van der Waals surface area contributed by atoms with Gasteiger partial charge < -0.3 is 14.4 Å². The van der Waals surface area contributed by atoms with Crippen molar-refractivity contribution in [1.29, 1.82) is 0 Å². The van der Waals surface area contributed by atoms with Crippen molar-refractivity contribution in [3.05, 3.63) is 305 Å². The minimum absolute atomic E-state index is 0. The van der Waals surface area contributed by atoms with Crippen LogP contribution >= 0.6 is 0 Å². The van der Waals surface area contributed by atoms with Gasteiger partial charge >= 0.3 is 0 Å². The van der Waals surface area contributed by atoms with Gasteiger partial charge in [0, 0.05) is 46.3 Å². The predicted octanol–water partition coefficient (Wildman–Crippen LogP) is 19.9. The Balaban J connectivity index is 0.00000308. The minimum atomic E-state index is -0.620. The average Bonchev–Trinajstić information content (AvgIpc) is 4.02. The van der Waals surface area contributed by atoms with Crippen LogP contribution in [0.1, 0.15) is 53.4 Å². The fraction of sp³-hybridized carbons (Fsp3) is 0.0833. The summed E-state index contributed by atoms with van der Waals surface area (Å²) in [6, 6.07) is 97.0. The van der Waals surface area contributed by atoms with E-state index in [2.05, 4.69) is 303 Å². The van der Waals surface area contributed by atoms with Gasteiger partial charge in [0.25, 0.3) is 0 Å². The standard InChI is InChI=1S/C71H55N3.CH4.H2/c1-48-19-32-58(33-20-48)72(59-34-21-49(2)22-35-59)62-40-27-52(28-41-62)54-31-44-68-64(45-54)65-46-55(53-29-42-63(43-30-53)73(60-36-23-50(3)24-37-60)61-38-25-51(4)26-39-61)47-67-70(65)74(68)69-18-12-11-17-66(69)71(67,56-13-7-5-8-14-56)57-15-9-6-10-16-57;;/h5-47H,1-4H3;1H4;1H. The van der Waals surface area contributed by atoms with Gasteiger partial charge in [0.05, 0.1) is 22.1 Å². The highest BCUT2D eigenvalue weighted by Gasteiger charge is 2.45. The molecule has 0 saturated carbocycles. The smallest absolute Gasteiger partial charge is 0.0742 e. The largest absolute Gasteiger partial charge is 0.311 e. The van der Waals surface area contributed by atoms with E-state index in [0.717, 1.165) is 39.7 Å². The second-order valence-corrected chi connectivity index (χ2v) is 20.1. The number of fused-ring (bicyclic) bond motifs is 5. The van der Waals surface area contributed by atoms with Crippen molar-refractivity contribution in [2.45, 2.75) is 40.5 Å². The van der Waals surface area contributed by atoms with Crippen molar-refractivity contribution in [2.24, 2.45) is 0 Å². The SMILES string of the molecule is C.Cc1ccc(N(c2ccc(C)cc2)c2ccc(-c3ccc4c(c3)c3cc(-c5ccc(N(c6ccc(C)cc6)c6ccc(C)cc6)cc5)cc5c3n4-c3ccccc3C5(c3ccccc3)c3ccccc3)cc2)cc1.[HH]. The van der Waals surface area contributed by atoms with E-state index in [-0.39, 0.29) is 8.85 Å². The zero-order valence-corrected chi connectivity index (χ0v) is 42.2. The Morgan fingerprint density at radius 1 is 0.320 bits per heavy atom. The highest BCUT2D eigenvalue weighted by Crippen LogP contribution is 2.55. The van der Waals surface area contributed by atoms with Crippen molar-refractivity contribution in [1.82, 2.24) is 4.57 Å². The summed E-state index contributed by atoms with van der Waals surface area (Å²) in [6.07, 6.45) is 0. The Bertz CT molecular complexity index is 3860. The summed E-state index contributed by atoms with van der Waals surface area (Å²) in [5, 5.41) is 2.45. The molecule has 364 valence electrons. The Hall–Kier alpha value is -9.18. The molecule has 0 unspecified atom stereocenters. The highest BCUT2D eigenvalue weighted by atomic mass is 15.1. The maximum atomic E-state index is 2.54. The van der Waals surface area contributed by atoms with Gasteiger partial charge in [0.15, 0.2) is 0 Å². The number of nitrogens with zero attached hydrogens (tertiary/aromatic N) is 3. The summed E-state index contributed by atoms with van der Waals surface area (Å²) in [6.45, 7) is 8.57. The third-order valence-electron chi connectivity index (χ3n) is 15.3. The van der Waals surface area contributed by atoms with E-state index in [9.17, 15) is 0 Å². The Kier molecular flexibility index (Phi) is 11.9. The second kappa shape index (κ2) is 19.0. The molecule has 0 atom stereocenters. The van der Waals surface area contributed by atoms with Crippen molar-refractivity contribution in [3.8, 4) is 27.9 Å². The van der Waals surface area contributed by atoms with E-state index >= 15 is 0 Å². The maximum absolute atomic E-state index is 2.54. The molecule has 1 aliphatic heterocycles. The molecule has 3 heteroatoms. The summed E-state index contributed by atoms with van der Waals surface area (Å²) >= 11 is 0. The van der Waals surface area contributed by atoms with Crippen LogP contribution in [0.2, 0.25) is 0 Å². The summed E-state index contributed by atoms with van der Waals surface area (Å²) in [7, 11) is 0. The van der Waals surface area contributed by atoms with E-state index < -0.39 is 5.41 Å². The molecule has 0 amide bonds. The molecule has 2 heterocycles. The van der Waals surface area contributed by atoms with Crippen LogP contribution in [0.3, 0.4) is 0 Å². The van der Waals surface area contributed by atoms with Crippen LogP contribution in [0.5, 0.6) is 0 Å².